The Kier molecular flexibility index (Phi) is 8.36. The van der Waals surface area contributed by atoms with Gasteiger partial charge in [0.1, 0.15) is 6.04 Å². The molecule has 1 aromatic heterocycles. The van der Waals surface area contributed by atoms with Crippen LogP contribution in [0.4, 0.5) is 0 Å². The summed E-state index contributed by atoms with van der Waals surface area (Å²) in [6.07, 6.45) is -0.00915. The lowest BCUT2D eigenvalue weighted by atomic mass is 10.0. The molecule has 4 rings (SSSR count). The van der Waals surface area contributed by atoms with Crippen molar-refractivity contribution in [2.45, 2.75) is 19.4 Å². The van der Waals surface area contributed by atoms with Gasteiger partial charge in [-0.1, -0.05) is 76.2 Å². The first-order valence-electron chi connectivity index (χ1n) is 10.8. The van der Waals surface area contributed by atoms with E-state index >= 15 is 0 Å². The highest BCUT2D eigenvalue weighted by atomic mass is 35.5. The van der Waals surface area contributed by atoms with Crippen molar-refractivity contribution in [3.8, 4) is 16.9 Å². The summed E-state index contributed by atoms with van der Waals surface area (Å²) in [7, 11) is 0. The second-order valence-corrected chi connectivity index (χ2v) is 10.2. The summed E-state index contributed by atoms with van der Waals surface area (Å²) in [6, 6.07) is 15.5. The maximum absolute atomic E-state index is 13.3. The third kappa shape index (κ3) is 6.06. The van der Waals surface area contributed by atoms with Crippen molar-refractivity contribution in [1.29, 1.82) is 0 Å². The van der Waals surface area contributed by atoms with Crippen molar-refractivity contribution in [3.05, 3.63) is 103 Å². The number of carbonyl (C=O) groups is 2. The number of rotatable bonds is 7. The summed E-state index contributed by atoms with van der Waals surface area (Å²) in [6.45, 7) is 1.72. The smallest absolute Gasteiger partial charge is 0.326 e. The zero-order valence-electron chi connectivity index (χ0n) is 19.1. The predicted molar refractivity (Wildman–Crippen MR) is 148 cm³/mol. The van der Waals surface area contributed by atoms with Gasteiger partial charge >= 0.3 is 5.97 Å². The second-order valence-electron chi connectivity index (χ2n) is 8.15. The molecule has 1 atom stereocenters. The molecule has 37 heavy (non-hydrogen) atoms. The summed E-state index contributed by atoms with van der Waals surface area (Å²) in [5.74, 6) is -1.88. The topological polar surface area (TPSA) is 84.2 Å². The van der Waals surface area contributed by atoms with E-state index in [-0.39, 0.29) is 17.1 Å². The molecule has 0 spiro atoms. The van der Waals surface area contributed by atoms with Crippen molar-refractivity contribution in [1.82, 2.24) is 15.1 Å². The predicted octanol–water partition coefficient (Wildman–Crippen LogP) is 7.54. The van der Waals surface area contributed by atoms with Gasteiger partial charge in [0.05, 0.1) is 26.4 Å². The third-order valence-electron chi connectivity index (χ3n) is 5.62. The number of aliphatic carboxylic acids is 1. The summed E-state index contributed by atoms with van der Waals surface area (Å²) in [5.41, 5.74) is 2.95. The van der Waals surface area contributed by atoms with E-state index < -0.39 is 17.9 Å². The zero-order chi connectivity index (χ0) is 26.9. The van der Waals surface area contributed by atoms with E-state index in [4.69, 9.17) is 58.0 Å². The average molecular weight is 598 g/mol. The summed E-state index contributed by atoms with van der Waals surface area (Å²) in [5, 5.41) is 18.8. The Morgan fingerprint density at radius 1 is 0.892 bits per heavy atom. The van der Waals surface area contributed by atoms with E-state index in [1.807, 2.05) is 0 Å². The maximum atomic E-state index is 13.3. The highest BCUT2D eigenvalue weighted by Crippen LogP contribution is 2.33. The Labute approximate surface area is 237 Å². The molecule has 11 heteroatoms. The first-order valence-corrected chi connectivity index (χ1v) is 12.7. The normalized spacial score (nSPS) is 11.8. The van der Waals surface area contributed by atoms with Gasteiger partial charge in [0, 0.05) is 27.6 Å². The number of aromatic nitrogens is 2. The van der Waals surface area contributed by atoms with Gasteiger partial charge in [-0.15, -0.1) is 0 Å². The minimum Gasteiger partial charge on any atom is -0.480 e. The second kappa shape index (κ2) is 11.3. The molecule has 0 saturated heterocycles. The number of amides is 1. The lowest BCUT2D eigenvalue weighted by Gasteiger charge is -2.14. The van der Waals surface area contributed by atoms with Gasteiger partial charge in [-0.25, -0.2) is 9.48 Å². The highest BCUT2D eigenvalue weighted by Gasteiger charge is 2.27. The van der Waals surface area contributed by atoms with Gasteiger partial charge in [0.15, 0.2) is 5.69 Å². The van der Waals surface area contributed by atoms with E-state index in [2.05, 4.69) is 10.4 Å². The van der Waals surface area contributed by atoms with Crippen LogP contribution in [0.2, 0.25) is 25.1 Å². The third-order valence-corrected chi connectivity index (χ3v) is 7.15. The number of hydrogen-bond acceptors (Lipinski definition) is 3. The van der Waals surface area contributed by atoms with Crippen LogP contribution in [-0.4, -0.2) is 32.8 Å². The van der Waals surface area contributed by atoms with Crippen LogP contribution in [0.1, 0.15) is 21.6 Å². The number of carboxylic acids is 1. The number of nitrogens with one attached hydrogen (secondary N) is 1. The van der Waals surface area contributed by atoms with Crippen molar-refractivity contribution < 1.29 is 14.7 Å². The molecule has 1 amide bonds. The molecule has 0 unspecified atom stereocenters. The van der Waals surface area contributed by atoms with Crippen molar-refractivity contribution >= 4 is 69.9 Å². The monoisotopic (exact) mass is 595 g/mol. The number of halogens is 5. The van der Waals surface area contributed by atoms with Crippen molar-refractivity contribution in [3.63, 3.8) is 0 Å². The van der Waals surface area contributed by atoms with E-state index in [9.17, 15) is 14.7 Å². The van der Waals surface area contributed by atoms with Crippen LogP contribution < -0.4 is 5.32 Å². The molecule has 0 aliphatic heterocycles. The zero-order valence-corrected chi connectivity index (χ0v) is 22.9. The number of carbonyl (C=O) groups excluding carboxylic acids is 1. The fourth-order valence-corrected chi connectivity index (χ4v) is 4.75. The molecule has 0 aliphatic rings. The molecule has 0 bridgehead atoms. The van der Waals surface area contributed by atoms with Gasteiger partial charge in [-0.3, -0.25) is 4.79 Å². The Balaban J connectivity index is 1.74. The SMILES string of the molecule is Cc1c(C(=O)N[C@@H](Cc2ccc(Cl)c(Cl)c2)C(=O)O)nn(-c2ccc(Cl)cc2Cl)c1-c1ccc(Cl)cc1. The maximum Gasteiger partial charge on any atom is 0.326 e. The fourth-order valence-electron chi connectivity index (χ4n) is 3.81. The van der Waals surface area contributed by atoms with Gasteiger partial charge in [0.2, 0.25) is 0 Å². The Morgan fingerprint density at radius 2 is 1.57 bits per heavy atom. The minimum absolute atomic E-state index is 0.00915. The van der Waals surface area contributed by atoms with E-state index in [0.717, 1.165) is 5.56 Å². The molecule has 1 heterocycles. The van der Waals surface area contributed by atoms with Gasteiger partial charge in [-0.05, 0) is 55.0 Å². The number of nitrogens with zero attached hydrogens (tertiary/aromatic N) is 2. The van der Waals surface area contributed by atoms with Crippen LogP contribution in [0.15, 0.2) is 60.7 Å². The number of hydrogen-bond donors (Lipinski definition) is 2. The molecule has 4 aromatic rings. The molecule has 6 nitrogen and oxygen atoms in total. The number of benzene rings is 3. The van der Waals surface area contributed by atoms with Gasteiger partial charge < -0.3 is 10.4 Å². The van der Waals surface area contributed by atoms with E-state index in [1.54, 1.807) is 67.6 Å². The summed E-state index contributed by atoms with van der Waals surface area (Å²) >= 11 is 30.6. The molecule has 3 aromatic carbocycles. The highest BCUT2D eigenvalue weighted by molar-refractivity contribution is 6.42. The summed E-state index contributed by atoms with van der Waals surface area (Å²) < 4.78 is 1.53. The van der Waals surface area contributed by atoms with Crippen LogP contribution in [0.3, 0.4) is 0 Å². The standard InChI is InChI=1S/C26H18Cl5N3O3/c1-13-23(25(35)32-21(26(36)37)11-14-2-8-18(29)19(30)10-14)33-34(22-9-7-17(28)12-20(22)31)24(13)15-3-5-16(27)6-4-15/h2-10,12,21H,11H2,1H3,(H,32,35)(H,36,37)/t21-/m0/s1. The molecule has 190 valence electrons. The average Bonchev–Trinajstić information content (AvgIpc) is 3.18. The van der Waals surface area contributed by atoms with Crippen LogP contribution >= 0.6 is 58.0 Å². The largest absolute Gasteiger partial charge is 0.480 e. The molecule has 0 aliphatic carbocycles. The minimum atomic E-state index is -1.24. The van der Waals surface area contributed by atoms with Gasteiger partial charge in [0.25, 0.3) is 5.91 Å². The molecule has 0 saturated carbocycles. The first-order chi connectivity index (χ1) is 17.5. The molecule has 0 radical (unpaired) electrons. The lowest BCUT2D eigenvalue weighted by molar-refractivity contribution is -0.139. The van der Waals surface area contributed by atoms with E-state index in [0.29, 0.717) is 42.6 Å². The fraction of sp³-hybridized carbons (Fsp3) is 0.115. The van der Waals surface area contributed by atoms with Crippen molar-refractivity contribution in [2.75, 3.05) is 0 Å². The Bertz CT molecular complexity index is 1500. The first kappa shape index (κ1) is 27.3. The van der Waals surface area contributed by atoms with Crippen LogP contribution in [0.25, 0.3) is 16.9 Å². The lowest BCUT2D eigenvalue weighted by Crippen LogP contribution is -2.42. The number of carboxylic acid groups (broad SMARTS) is 1. The molecular weight excluding hydrogens is 580 g/mol. The van der Waals surface area contributed by atoms with Crippen LogP contribution in [0.5, 0.6) is 0 Å². The molecule has 2 N–H and O–H groups in total. The van der Waals surface area contributed by atoms with Crippen LogP contribution in [-0.2, 0) is 11.2 Å². The van der Waals surface area contributed by atoms with Gasteiger partial charge in [-0.2, -0.15) is 5.10 Å². The Morgan fingerprint density at radius 3 is 2.19 bits per heavy atom. The Hall–Kier alpha value is -2.74. The quantitative estimate of drug-likeness (QED) is 0.231. The van der Waals surface area contributed by atoms with E-state index in [1.165, 1.54) is 4.68 Å². The summed E-state index contributed by atoms with van der Waals surface area (Å²) in [4.78, 5) is 25.3. The van der Waals surface area contributed by atoms with Crippen LogP contribution in [0, 0.1) is 6.92 Å². The molecule has 0 fully saturated rings. The van der Waals surface area contributed by atoms with Crippen molar-refractivity contribution in [2.24, 2.45) is 0 Å². The molecular formula is C26H18Cl5N3O3.